The van der Waals surface area contributed by atoms with Crippen LogP contribution in [0.1, 0.15) is 28.1 Å². The van der Waals surface area contributed by atoms with Gasteiger partial charge in [0.1, 0.15) is 11.5 Å². The molecule has 0 bridgehead atoms. The Hall–Kier alpha value is -4.52. The maximum absolute atomic E-state index is 12.3. The summed E-state index contributed by atoms with van der Waals surface area (Å²) < 4.78 is 11.0. The monoisotopic (exact) mass is 483 g/mol. The van der Waals surface area contributed by atoms with Crippen molar-refractivity contribution in [3.05, 3.63) is 114 Å². The molecule has 184 valence electrons. The number of anilines is 2. The molecular formula is C29H29N3O4. The number of amides is 2. The molecule has 4 aromatic rings. The van der Waals surface area contributed by atoms with Crippen molar-refractivity contribution in [2.75, 3.05) is 23.8 Å². The molecule has 4 rings (SSSR count). The van der Waals surface area contributed by atoms with Crippen LogP contribution < -0.4 is 20.7 Å². The molecule has 7 nitrogen and oxygen atoms in total. The number of nitrogens with one attached hydrogen (secondary N) is 3. The number of hydrogen-bond acceptors (Lipinski definition) is 5. The summed E-state index contributed by atoms with van der Waals surface area (Å²) in [5.74, 6) is 1.09. The molecule has 3 N–H and O–H groups in total. The van der Waals surface area contributed by atoms with E-state index in [1.807, 2.05) is 42.5 Å². The van der Waals surface area contributed by atoms with E-state index in [0.717, 1.165) is 24.3 Å². The lowest BCUT2D eigenvalue weighted by molar-refractivity contribution is -0.114. The number of benzene rings is 3. The Morgan fingerprint density at radius 1 is 0.806 bits per heavy atom. The van der Waals surface area contributed by atoms with Crippen LogP contribution in [0.2, 0.25) is 0 Å². The average molecular weight is 484 g/mol. The van der Waals surface area contributed by atoms with Crippen molar-refractivity contribution < 1.29 is 18.7 Å². The average Bonchev–Trinajstić information content (AvgIpc) is 3.44. The van der Waals surface area contributed by atoms with Crippen LogP contribution in [-0.4, -0.2) is 25.0 Å². The van der Waals surface area contributed by atoms with Crippen LogP contribution in [0, 0.1) is 0 Å². The van der Waals surface area contributed by atoms with Gasteiger partial charge in [0.15, 0.2) is 0 Å². The third kappa shape index (κ3) is 7.77. The van der Waals surface area contributed by atoms with Crippen molar-refractivity contribution in [3.8, 4) is 5.75 Å². The summed E-state index contributed by atoms with van der Waals surface area (Å²) >= 11 is 0. The Morgan fingerprint density at radius 2 is 1.56 bits per heavy atom. The van der Waals surface area contributed by atoms with Crippen LogP contribution >= 0.6 is 0 Å². The highest BCUT2D eigenvalue weighted by Crippen LogP contribution is 2.16. The molecule has 0 aliphatic carbocycles. The third-order valence-electron chi connectivity index (χ3n) is 5.46. The number of carbonyl (C=O) groups excluding carboxylic acids is 2. The van der Waals surface area contributed by atoms with Gasteiger partial charge in [-0.25, -0.2) is 0 Å². The van der Waals surface area contributed by atoms with E-state index in [-0.39, 0.29) is 18.4 Å². The molecule has 0 radical (unpaired) electrons. The molecule has 0 spiro atoms. The second-order valence-corrected chi connectivity index (χ2v) is 8.20. The number of carbonyl (C=O) groups is 2. The van der Waals surface area contributed by atoms with Crippen molar-refractivity contribution in [1.82, 2.24) is 5.32 Å². The highest BCUT2D eigenvalue weighted by molar-refractivity contribution is 5.95. The molecule has 0 aliphatic heterocycles. The van der Waals surface area contributed by atoms with E-state index >= 15 is 0 Å². The molecule has 1 aromatic heterocycles. The SMILES string of the molecule is O=C(CNc1ccc(C(=O)NCc2ccco2)cc1)Nc1ccc(OCCCc2ccccc2)cc1. The van der Waals surface area contributed by atoms with E-state index in [1.165, 1.54) is 5.56 Å². The van der Waals surface area contributed by atoms with Crippen LogP contribution in [0.25, 0.3) is 0 Å². The molecule has 7 heteroatoms. The van der Waals surface area contributed by atoms with Crippen LogP contribution in [-0.2, 0) is 17.8 Å². The van der Waals surface area contributed by atoms with Crippen LogP contribution in [0.3, 0.4) is 0 Å². The largest absolute Gasteiger partial charge is 0.494 e. The Bertz CT molecular complexity index is 1220. The molecule has 0 saturated heterocycles. The van der Waals surface area contributed by atoms with Crippen molar-refractivity contribution in [3.63, 3.8) is 0 Å². The van der Waals surface area contributed by atoms with E-state index in [9.17, 15) is 9.59 Å². The molecule has 0 aliphatic rings. The van der Waals surface area contributed by atoms with Crippen LogP contribution in [0.5, 0.6) is 5.75 Å². The van der Waals surface area contributed by atoms with Gasteiger partial charge in [-0.2, -0.15) is 0 Å². The van der Waals surface area contributed by atoms with Gasteiger partial charge in [0.05, 0.1) is 26.0 Å². The molecule has 3 aromatic carbocycles. The van der Waals surface area contributed by atoms with E-state index < -0.39 is 0 Å². The van der Waals surface area contributed by atoms with Gasteiger partial charge in [0, 0.05) is 16.9 Å². The van der Waals surface area contributed by atoms with Gasteiger partial charge in [-0.1, -0.05) is 30.3 Å². The van der Waals surface area contributed by atoms with Crippen molar-refractivity contribution in [2.45, 2.75) is 19.4 Å². The zero-order valence-corrected chi connectivity index (χ0v) is 19.9. The van der Waals surface area contributed by atoms with Crippen LogP contribution in [0.15, 0.2) is 102 Å². The van der Waals surface area contributed by atoms with Gasteiger partial charge >= 0.3 is 0 Å². The van der Waals surface area contributed by atoms with Crippen molar-refractivity contribution in [2.24, 2.45) is 0 Å². The second-order valence-electron chi connectivity index (χ2n) is 8.20. The Kier molecular flexibility index (Phi) is 8.75. The molecule has 0 saturated carbocycles. The topological polar surface area (TPSA) is 92.6 Å². The smallest absolute Gasteiger partial charge is 0.251 e. The molecule has 0 fully saturated rings. The van der Waals surface area contributed by atoms with Crippen molar-refractivity contribution in [1.29, 1.82) is 0 Å². The lowest BCUT2D eigenvalue weighted by atomic mass is 10.1. The second kappa shape index (κ2) is 12.8. The fraction of sp³-hybridized carbons (Fsp3) is 0.172. The normalized spacial score (nSPS) is 10.4. The first-order chi connectivity index (χ1) is 17.7. The van der Waals surface area contributed by atoms with Crippen molar-refractivity contribution >= 4 is 23.2 Å². The lowest BCUT2D eigenvalue weighted by Crippen LogP contribution is -2.23. The summed E-state index contributed by atoms with van der Waals surface area (Å²) in [5.41, 5.74) is 3.27. The van der Waals surface area contributed by atoms with Gasteiger partial charge in [-0.3, -0.25) is 9.59 Å². The maximum atomic E-state index is 12.3. The van der Waals surface area contributed by atoms with E-state index in [4.69, 9.17) is 9.15 Å². The highest BCUT2D eigenvalue weighted by Gasteiger charge is 2.07. The first-order valence-electron chi connectivity index (χ1n) is 11.9. The highest BCUT2D eigenvalue weighted by atomic mass is 16.5. The minimum atomic E-state index is -0.195. The molecule has 1 heterocycles. The van der Waals surface area contributed by atoms with Gasteiger partial charge in [-0.05, 0) is 79.1 Å². The third-order valence-corrected chi connectivity index (χ3v) is 5.46. The van der Waals surface area contributed by atoms with Gasteiger partial charge < -0.3 is 25.1 Å². The number of hydrogen-bond donors (Lipinski definition) is 3. The zero-order valence-electron chi connectivity index (χ0n) is 19.9. The van der Waals surface area contributed by atoms with Gasteiger partial charge in [0.2, 0.25) is 5.91 Å². The summed E-state index contributed by atoms with van der Waals surface area (Å²) in [4.78, 5) is 24.5. The quantitative estimate of drug-likeness (QED) is 0.239. The summed E-state index contributed by atoms with van der Waals surface area (Å²) in [6, 6.07) is 28.2. The van der Waals surface area contributed by atoms with E-state index in [0.29, 0.717) is 30.2 Å². The minimum Gasteiger partial charge on any atom is -0.494 e. The number of ether oxygens (including phenoxy) is 1. The van der Waals surface area contributed by atoms with Gasteiger partial charge in [-0.15, -0.1) is 0 Å². The predicted molar refractivity (Wildman–Crippen MR) is 140 cm³/mol. The predicted octanol–water partition coefficient (Wildman–Crippen LogP) is 5.27. The first-order valence-corrected chi connectivity index (χ1v) is 11.9. The fourth-order valence-corrected chi connectivity index (χ4v) is 3.56. The number of aryl methyl sites for hydroxylation is 1. The Morgan fingerprint density at radius 3 is 2.28 bits per heavy atom. The first kappa shape index (κ1) is 24.6. The number of furan rings is 1. The Balaban J connectivity index is 1.14. The molecule has 2 amide bonds. The molecular weight excluding hydrogens is 454 g/mol. The standard InChI is InChI=1S/C29H29N3O4/c33-28(21-30-24-12-10-23(11-13-24)29(34)31-20-27-9-5-19-36-27)32-25-14-16-26(17-15-25)35-18-4-8-22-6-2-1-3-7-22/h1-3,5-7,9-17,19,30H,4,8,18,20-21H2,(H,31,34)(H,32,33). The molecule has 0 unspecified atom stereocenters. The van der Waals surface area contributed by atoms with Crippen LogP contribution in [0.4, 0.5) is 11.4 Å². The summed E-state index contributed by atoms with van der Waals surface area (Å²) in [5, 5.41) is 8.72. The molecule has 0 atom stereocenters. The lowest BCUT2D eigenvalue weighted by Gasteiger charge is -2.10. The summed E-state index contributed by atoms with van der Waals surface area (Å²) in [7, 11) is 0. The number of rotatable bonds is 12. The van der Waals surface area contributed by atoms with E-state index in [2.05, 4.69) is 28.1 Å². The summed E-state index contributed by atoms with van der Waals surface area (Å²) in [6.07, 6.45) is 3.48. The fourth-order valence-electron chi connectivity index (χ4n) is 3.56. The maximum Gasteiger partial charge on any atom is 0.251 e. The zero-order chi connectivity index (χ0) is 25.0. The minimum absolute atomic E-state index is 0.0990. The Labute approximate surface area is 210 Å². The van der Waals surface area contributed by atoms with Gasteiger partial charge in [0.25, 0.3) is 5.91 Å². The summed E-state index contributed by atoms with van der Waals surface area (Å²) in [6.45, 7) is 1.06. The van der Waals surface area contributed by atoms with E-state index in [1.54, 1.807) is 42.7 Å². The molecule has 36 heavy (non-hydrogen) atoms.